The second kappa shape index (κ2) is 8.95. The monoisotopic (exact) mass is 398 g/mol. The normalized spacial score (nSPS) is 22.1. The van der Waals surface area contributed by atoms with E-state index < -0.39 is 5.97 Å². The zero-order chi connectivity index (χ0) is 20.2. The molecule has 0 unspecified atom stereocenters. The first-order valence-electron chi connectivity index (χ1n) is 10.5. The van der Waals surface area contributed by atoms with Crippen molar-refractivity contribution in [2.45, 2.75) is 63.1 Å². The van der Waals surface area contributed by atoms with E-state index in [9.17, 15) is 9.18 Å². The highest BCUT2D eigenvalue weighted by Gasteiger charge is 2.31. The number of ether oxygens (including phenoxy) is 2. The Bertz CT molecular complexity index is 836. The molecule has 2 saturated carbocycles. The van der Waals surface area contributed by atoms with Crippen LogP contribution < -0.4 is 4.74 Å². The summed E-state index contributed by atoms with van der Waals surface area (Å²) in [5.74, 6) is -0.0856. The number of carboxylic acids is 1. The first-order chi connectivity index (χ1) is 14.1. The minimum absolute atomic E-state index is 0.0156. The van der Waals surface area contributed by atoms with Gasteiger partial charge in [0, 0.05) is 5.56 Å². The molecule has 2 aliphatic carbocycles. The fraction of sp³-hybridized carbons (Fsp3) is 0.458. The highest BCUT2D eigenvalue weighted by atomic mass is 19.1. The zero-order valence-electron chi connectivity index (χ0n) is 16.5. The SMILES string of the molecule is O=C(O)COC1CC(c2ccc(-c3cc(OC4CCCCC4)ccc3F)cc2)C1. The van der Waals surface area contributed by atoms with Crippen LogP contribution in [0, 0.1) is 5.82 Å². The van der Waals surface area contributed by atoms with Crippen LogP contribution in [0.15, 0.2) is 42.5 Å². The molecule has 2 aliphatic rings. The molecule has 29 heavy (non-hydrogen) atoms. The molecule has 5 heteroatoms. The number of carbonyl (C=O) groups is 1. The molecular weight excluding hydrogens is 371 g/mol. The first-order valence-corrected chi connectivity index (χ1v) is 10.5. The van der Waals surface area contributed by atoms with E-state index >= 15 is 0 Å². The van der Waals surface area contributed by atoms with Crippen LogP contribution >= 0.6 is 0 Å². The van der Waals surface area contributed by atoms with Crippen LogP contribution in [0.25, 0.3) is 11.1 Å². The van der Waals surface area contributed by atoms with E-state index in [1.807, 2.05) is 24.3 Å². The van der Waals surface area contributed by atoms with Crippen LogP contribution in [0.5, 0.6) is 5.75 Å². The highest BCUT2D eigenvalue weighted by molar-refractivity contribution is 5.68. The molecule has 2 aromatic carbocycles. The van der Waals surface area contributed by atoms with Crippen molar-refractivity contribution >= 4 is 5.97 Å². The molecule has 0 aliphatic heterocycles. The lowest BCUT2D eigenvalue weighted by molar-refractivity contribution is -0.146. The van der Waals surface area contributed by atoms with Gasteiger partial charge >= 0.3 is 5.97 Å². The van der Waals surface area contributed by atoms with E-state index in [1.54, 1.807) is 12.1 Å². The molecule has 0 amide bonds. The predicted octanol–water partition coefficient (Wildman–Crippen LogP) is 5.55. The van der Waals surface area contributed by atoms with E-state index in [4.69, 9.17) is 14.6 Å². The summed E-state index contributed by atoms with van der Waals surface area (Å²) in [6, 6.07) is 13.0. The lowest BCUT2D eigenvalue weighted by Crippen LogP contribution is -2.31. The average Bonchev–Trinajstić information content (AvgIpc) is 2.69. The van der Waals surface area contributed by atoms with Crippen LogP contribution in [0.4, 0.5) is 4.39 Å². The number of carboxylic acid groups (broad SMARTS) is 1. The molecule has 154 valence electrons. The Hall–Kier alpha value is -2.40. The van der Waals surface area contributed by atoms with Crippen molar-refractivity contribution in [3.8, 4) is 16.9 Å². The van der Waals surface area contributed by atoms with Gasteiger partial charge in [0.25, 0.3) is 0 Å². The van der Waals surface area contributed by atoms with Crippen molar-refractivity contribution in [1.29, 1.82) is 0 Å². The van der Waals surface area contributed by atoms with Crippen molar-refractivity contribution in [2.75, 3.05) is 6.61 Å². The summed E-state index contributed by atoms with van der Waals surface area (Å²) in [7, 11) is 0. The largest absolute Gasteiger partial charge is 0.490 e. The third-order valence-corrected chi connectivity index (χ3v) is 6.02. The highest BCUT2D eigenvalue weighted by Crippen LogP contribution is 2.39. The molecule has 2 fully saturated rings. The van der Waals surface area contributed by atoms with Gasteiger partial charge < -0.3 is 14.6 Å². The van der Waals surface area contributed by atoms with Gasteiger partial charge in [0.15, 0.2) is 0 Å². The van der Waals surface area contributed by atoms with Gasteiger partial charge in [-0.05, 0) is 73.8 Å². The Morgan fingerprint density at radius 3 is 2.41 bits per heavy atom. The topological polar surface area (TPSA) is 55.8 Å². The summed E-state index contributed by atoms with van der Waals surface area (Å²) in [5.41, 5.74) is 2.57. The fourth-order valence-electron chi connectivity index (χ4n) is 4.27. The van der Waals surface area contributed by atoms with Crippen molar-refractivity contribution in [3.05, 3.63) is 53.8 Å². The Labute approximate surface area is 170 Å². The van der Waals surface area contributed by atoms with Gasteiger partial charge in [-0.3, -0.25) is 0 Å². The van der Waals surface area contributed by atoms with Crippen molar-refractivity contribution < 1.29 is 23.8 Å². The molecule has 4 nitrogen and oxygen atoms in total. The molecule has 0 radical (unpaired) electrons. The number of aliphatic carboxylic acids is 1. The fourth-order valence-corrected chi connectivity index (χ4v) is 4.27. The standard InChI is InChI=1S/C24H27FO4/c25-23-11-10-20(29-19-4-2-1-3-5-19)14-22(23)17-8-6-16(7-9-17)18-12-21(13-18)28-15-24(26)27/h6-11,14,18-19,21H,1-5,12-13,15H2,(H,26,27). The van der Waals surface area contributed by atoms with Crippen molar-refractivity contribution in [3.63, 3.8) is 0 Å². The molecule has 0 atom stereocenters. The quantitative estimate of drug-likeness (QED) is 0.664. The summed E-state index contributed by atoms with van der Waals surface area (Å²) < 4.78 is 25.9. The average molecular weight is 398 g/mol. The van der Waals surface area contributed by atoms with E-state index in [0.29, 0.717) is 11.5 Å². The van der Waals surface area contributed by atoms with E-state index in [1.165, 1.54) is 30.9 Å². The third-order valence-electron chi connectivity index (χ3n) is 6.02. The summed E-state index contributed by atoms with van der Waals surface area (Å²) in [4.78, 5) is 10.6. The molecule has 1 N–H and O–H groups in total. The Morgan fingerprint density at radius 1 is 1.00 bits per heavy atom. The lowest BCUT2D eigenvalue weighted by Gasteiger charge is -2.35. The van der Waals surface area contributed by atoms with Gasteiger partial charge in [0.2, 0.25) is 0 Å². The second-order valence-electron chi connectivity index (χ2n) is 8.14. The van der Waals surface area contributed by atoms with Crippen LogP contribution in [0.1, 0.15) is 56.4 Å². The maximum atomic E-state index is 14.5. The number of rotatable bonds is 7. The summed E-state index contributed by atoms with van der Waals surface area (Å²) >= 11 is 0. The van der Waals surface area contributed by atoms with Crippen LogP contribution in [0.2, 0.25) is 0 Å². The van der Waals surface area contributed by atoms with E-state index in [0.717, 1.165) is 37.0 Å². The molecule has 4 rings (SSSR count). The number of halogens is 1. The number of hydrogen-bond donors (Lipinski definition) is 1. The van der Waals surface area contributed by atoms with Gasteiger partial charge in [-0.15, -0.1) is 0 Å². The van der Waals surface area contributed by atoms with Crippen LogP contribution in [-0.4, -0.2) is 29.9 Å². The molecule has 0 spiro atoms. The maximum absolute atomic E-state index is 14.5. The lowest BCUT2D eigenvalue weighted by atomic mass is 9.77. The number of hydrogen-bond acceptors (Lipinski definition) is 3. The predicted molar refractivity (Wildman–Crippen MR) is 109 cm³/mol. The third kappa shape index (κ3) is 4.96. The Kier molecular flexibility index (Phi) is 6.14. The molecule has 2 aromatic rings. The second-order valence-corrected chi connectivity index (χ2v) is 8.14. The smallest absolute Gasteiger partial charge is 0.329 e. The van der Waals surface area contributed by atoms with Crippen molar-refractivity contribution in [1.82, 2.24) is 0 Å². The summed E-state index contributed by atoms with van der Waals surface area (Å²) in [5, 5.41) is 8.67. The van der Waals surface area contributed by atoms with Gasteiger partial charge in [0.1, 0.15) is 18.2 Å². The van der Waals surface area contributed by atoms with E-state index in [2.05, 4.69) is 0 Å². The molecule has 0 saturated heterocycles. The first kappa shape index (κ1) is 19.9. The minimum atomic E-state index is -0.936. The van der Waals surface area contributed by atoms with Gasteiger partial charge in [-0.2, -0.15) is 0 Å². The summed E-state index contributed by atoms with van der Waals surface area (Å²) in [6.45, 7) is -0.241. The van der Waals surface area contributed by atoms with Gasteiger partial charge in [-0.25, -0.2) is 9.18 Å². The maximum Gasteiger partial charge on any atom is 0.329 e. The van der Waals surface area contributed by atoms with E-state index in [-0.39, 0.29) is 24.6 Å². The minimum Gasteiger partial charge on any atom is -0.490 e. The van der Waals surface area contributed by atoms with Gasteiger partial charge in [-0.1, -0.05) is 30.7 Å². The zero-order valence-corrected chi connectivity index (χ0v) is 16.5. The molecule has 0 aromatic heterocycles. The molecule has 0 bridgehead atoms. The van der Waals surface area contributed by atoms with Crippen LogP contribution in [-0.2, 0) is 9.53 Å². The van der Waals surface area contributed by atoms with Crippen molar-refractivity contribution in [2.24, 2.45) is 0 Å². The van der Waals surface area contributed by atoms with Crippen LogP contribution in [0.3, 0.4) is 0 Å². The summed E-state index contributed by atoms with van der Waals surface area (Å²) in [6.07, 6.45) is 7.71. The Balaban J connectivity index is 1.39. The molecular formula is C24H27FO4. The molecule has 0 heterocycles. The number of benzene rings is 2. The Morgan fingerprint density at radius 2 is 1.72 bits per heavy atom. The van der Waals surface area contributed by atoms with Gasteiger partial charge in [0.05, 0.1) is 12.2 Å².